The largest absolute Gasteiger partial charge is 0.490 e. The molecule has 7 heteroatoms. The number of carbonyl (C=O) groups excluding carboxylic acids is 1. The summed E-state index contributed by atoms with van der Waals surface area (Å²) in [4.78, 5) is 16.5. The Labute approximate surface area is 185 Å². The van der Waals surface area contributed by atoms with Crippen LogP contribution < -0.4 is 4.74 Å². The SMILES string of the molecule is C=C(C)C(=O)OC1=CCc2c1cccc2-c1noc(-c2ccc(OC(C)C)c(C#N)c2)n1. The van der Waals surface area contributed by atoms with E-state index in [0.717, 1.165) is 16.7 Å². The van der Waals surface area contributed by atoms with Gasteiger partial charge in [0.2, 0.25) is 5.82 Å². The van der Waals surface area contributed by atoms with Gasteiger partial charge in [-0.25, -0.2) is 4.79 Å². The van der Waals surface area contributed by atoms with Gasteiger partial charge in [0.25, 0.3) is 5.89 Å². The molecule has 160 valence electrons. The number of aromatic nitrogens is 2. The molecule has 0 saturated heterocycles. The Morgan fingerprint density at radius 3 is 2.75 bits per heavy atom. The maximum Gasteiger partial charge on any atom is 0.338 e. The third kappa shape index (κ3) is 4.03. The van der Waals surface area contributed by atoms with Crippen LogP contribution in [0.1, 0.15) is 37.5 Å². The smallest absolute Gasteiger partial charge is 0.338 e. The number of rotatable bonds is 6. The van der Waals surface area contributed by atoms with Crippen LogP contribution in [0.2, 0.25) is 0 Å². The lowest BCUT2D eigenvalue weighted by atomic mass is 10.0. The zero-order chi connectivity index (χ0) is 22.8. The fraction of sp³-hybridized carbons (Fsp3) is 0.200. The number of allylic oxidation sites excluding steroid dienone is 1. The molecule has 3 aromatic rings. The summed E-state index contributed by atoms with van der Waals surface area (Å²) < 4.78 is 16.6. The summed E-state index contributed by atoms with van der Waals surface area (Å²) in [7, 11) is 0. The first-order valence-corrected chi connectivity index (χ1v) is 10.1. The maximum absolute atomic E-state index is 11.9. The summed E-state index contributed by atoms with van der Waals surface area (Å²) in [6.45, 7) is 9.03. The van der Waals surface area contributed by atoms with E-state index in [2.05, 4.69) is 22.8 Å². The van der Waals surface area contributed by atoms with Crippen LogP contribution in [0.3, 0.4) is 0 Å². The molecule has 1 heterocycles. The summed E-state index contributed by atoms with van der Waals surface area (Å²) in [6.07, 6.45) is 2.38. The lowest BCUT2D eigenvalue weighted by Gasteiger charge is -2.11. The van der Waals surface area contributed by atoms with E-state index < -0.39 is 5.97 Å². The van der Waals surface area contributed by atoms with E-state index in [1.165, 1.54) is 0 Å². The number of benzene rings is 2. The van der Waals surface area contributed by atoms with Crippen molar-refractivity contribution in [2.75, 3.05) is 0 Å². The fourth-order valence-electron chi connectivity index (χ4n) is 3.39. The highest BCUT2D eigenvalue weighted by atomic mass is 16.5. The van der Waals surface area contributed by atoms with Crippen molar-refractivity contribution in [3.63, 3.8) is 0 Å². The molecule has 2 aromatic carbocycles. The first-order valence-electron chi connectivity index (χ1n) is 10.1. The number of ether oxygens (including phenoxy) is 2. The third-order valence-corrected chi connectivity index (χ3v) is 4.86. The van der Waals surface area contributed by atoms with Crippen LogP contribution in [0.25, 0.3) is 28.6 Å². The van der Waals surface area contributed by atoms with Crippen molar-refractivity contribution in [3.8, 4) is 34.7 Å². The molecule has 4 rings (SSSR count). The van der Waals surface area contributed by atoms with E-state index in [0.29, 0.717) is 46.3 Å². The Morgan fingerprint density at radius 1 is 1.25 bits per heavy atom. The minimum Gasteiger partial charge on any atom is -0.490 e. The van der Waals surface area contributed by atoms with Crippen molar-refractivity contribution in [2.45, 2.75) is 33.3 Å². The second-order valence-electron chi connectivity index (χ2n) is 7.69. The maximum atomic E-state index is 11.9. The molecule has 0 N–H and O–H groups in total. The number of fused-ring (bicyclic) bond motifs is 1. The van der Waals surface area contributed by atoms with Gasteiger partial charge < -0.3 is 14.0 Å². The molecule has 0 amide bonds. The van der Waals surface area contributed by atoms with E-state index in [-0.39, 0.29) is 6.10 Å². The third-order valence-electron chi connectivity index (χ3n) is 4.86. The molecule has 0 fully saturated rings. The monoisotopic (exact) mass is 427 g/mol. The minimum atomic E-state index is -0.463. The molecule has 1 aliphatic rings. The quantitative estimate of drug-likeness (QED) is 0.400. The lowest BCUT2D eigenvalue weighted by Crippen LogP contribution is -2.06. The first-order chi connectivity index (χ1) is 15.4. The molecule has 0 bridgehead atoms. The molecule has 1 aromatic heterocycles. The van der Waals surface area contributed by atoms with Gasteiger partial charge in [-0.15, -0.1) is 0 Å². The van der Waals surface area contributed by atoms with Gasteiger partial charge in [-0.2, -0.15) is 10.2 Å². The van der Waals surface area contributed by atoms with Gasteiger partial charge in [-0.05, 0) is 57.0 Å². The van der Waals surface area contributed by atoms with Crippen molar-refractivity contribution < 1.29 is 18.8 Å². The molecule has 1 aliphatic carbocycles. The van der Waals surface area contributed by atoms with Crippen LogP contribution in [0, 0.1) is 11.3 Å². The van der Waals surface area contributed by atoms with Crippen molar-refractivity contribution >= 4 is 11.7 Å². The van der Waals surface area contributed by atoms with E-state index in [9.17, 15) is 10.1 Å². The molecule has 7 nitrogen and oxygen atoms in total. The van der Waals surface area contributed by atoms with Gasteiger partial charge >= 0.3 is 5.97 Å². The normalized spacial score (nSPS) is 12.2. The predicted octanol–water partition coefficient (Wildman–Crippen LogP) is 5.08. The number of hydrogen-bond acceptors (Lipinski definition) is 7. The Kier molecular flexibility index (Phi) is 5.61. The number of nitrogens with zero attached hydrogens (tertiary/aromatic N) is 3. The number of esters is 1. The van der Waals surface area contributed by atoms with Crippen molar-refractivity contribution in [3.05, 3.63) is 71.3 Å². The van der Waals surface area contributed by atoms with E-state index in [4.69, 9.17) is 14.0 Å². The van der Waals surface area contributed by atoms with Crippen LogP contribution in [0.15, 0.2) is 59.1 Å². The summed E-state index contributed by atoms with van der Waals surface area (Å²) in [5.74, 6) is 1.26. The van der Waals surface area contributed by atoms with Crippen LogP contribution in [0.5, 0.6) is 5.75 Å². The molecule has 32 heavy (non-hydrogen) atoms. The highest BCUT2D eigenvalue weighted by Gasteiger charge is 2.24. The van der Waals surface area contributed by atoms with Crippen molar-refractivity contribution in [2.24, 2.45) is 0 Å². The average molecular weight is 427 g/mol. The zero-order valence-electron chi connectivity index (χ0n) is 18.0. The van der Waals surface area contributed by atoms with Crippen LogP contribution in [0.4, 0.5) is 0 Å². The standard InChI is InChI=1S/C25H21N3O4/c1-14(2)25(29)31-22-11-9-18-19(22)6-5-7-20(18)23-27-24(32-28-23)16-8-10-21(30-15(3)4)17(12-16)13-26/h5-8,10-12,15H,1,9H2,2-4H3. The van der Waals surface area contributed by atoms with E-state index in [1.54, 1.807) is 25.1 Å². The molecule has 0 aliphatic heterocycles. The summed E-state index contributed by atoms with van der Waals surface area (Å²) in [6, 6.07) is 12.9. The molecule has 0 unspecified atom stereocenters. The second-order valence-corrected chi connectivity index (χ2v) is 7.69. The van der Waals surface area contributed by atoms with Gasteiger partial charge in [0, 0.05) is 22.3 Å². The molecule has 0 atom stereocenters. The first kappa shape index (κ1) is 21.1. The molecule has 0 saturated carbocycles. The predicted molar refractivity (Wildman–Crippen MR) is 118 cm³/mol. The Morgan fingerprint density at radius 2 is 2.03 bits per heavy atom. The van der Waals surface area contributed by atoms with Crippen molar-refractivity contribution in [1.29, 1.82) is 5.26 Å². The van der Waals surface area contributed by atoms with Crippen LogP contribution in [-0.4, -0.2) is 22.2 Å². The second kappa shape index (κ2) is 8.52. The summed E-state index contributed by atoms with van der Waals surface area (Å²) >= 11 is 0. The van der Waals surface area contributed by atoms with Crippen LogP contribution >= 0.6 is 0 Å². The van der Waals surface area contributed by atoms with E-state index >= 15 is 0 Å². The number of hydrogen-bond donors (Lipinski definition) is 0. The Hall–Kier alpha value is -4.18. The van der Waals surface area contributed by atoms with Gasteiger partial charge in [0.15, 0.2) is 0 Å². The average Bonchev–Trinajstić information content (AvgIpc) is 3.41. The summed E-state index contributed by atoms with van der Waals surface area (Å²) in [5.41, 5.74) is 3.89. The minimum absolute atomic E-state index is 0.0451. The van der Waals surface area contributed by atoms with Gasteiger partial charge in [0.1, 0.15) is 17.6 Å². The highest BCUT2D eigenvalue weighted by Crippen LogP contribution is 2.36. The molecule has 0 radical (unpaired) electrons. The van der Waals surface area contributed by atoms with Crippen molar-refractivity contribution in [1.82, 2.24) is 10.1 Å². The lowest BCUT2D eigenvalue weighted by molar-refractivity contribution is -0.132. The molecular weight excluding hydrogens is 406 g/mol. The highest BCUT2D eigenvalue weighted by molar-refractivity contribution is 5.92. The fourth-order valence-corrected chi connectivity index (χ4v) is 3.39. The topological polar surface area (TPSA) is 98.2 Å². The van der Waals surface area contributed by atoms with Crippen LogP contribution in [-0.2, 0) is 16.0 Å². The molecule has 0 spiro atoms. The number of carbonyl (C=O) groups is 1. The van der Waals surface area contributed by atoms with E-state index in [1.807, 2.05) is 38.1 Å². The van der Waals surface area contributed by atoms with Gasteiger partial charge in [-0.3, -0.25) is 0 Å². The zero-order valence-corrected chi connectivity index (χ0v) is 18.0. The molecular formula is C25H21N3O4. The van der Waals surface area contributed by atoms with Gasteiger partial charge in [-0.1, -0.05) is 29.9 Å². The summed E-state index contributed by atoms with van der Waals surface area (Å²) in [5, 5.41) is 13.6. The Balaban J connectivity index is 1.64. The Bertz CT molecular complexity index is 1290. The van der Waals surface area contributed by atoms with Gasteiger partial charge in [0.05, 0.1) is 11.7 Å². The number of nitriles is 1.